The fourth-order valence-corrected chi connectivity index (χ4v) is 1.26. The molecule has 0 amide bonds. The Morgan fingerprint density at radius 2 is 1.32 bits per heavy atom. The number of nitrogens with zero attached hydrogens (tertiary/aromatic N) is 2. The highest BCUT2D eigenvalue weighted by Crippen LogP contribution is 2.10. The molecule has 2 rings (SSSR count). The van der Waals surface area contributed by atoms with Gasteiger partial charge in [-0.25, -0.2) is 9.97 Å². The van der Waals surface area contributed by atoms with E-state index in [0.717, 1.165) is 0 Å². The largest absolute Gasteiger partial charge is 0.576 e. The molecule has 0 atom stereocenters. The van der Waals surface area contributed by atoms with Gasteiger partial charge < -0.3 is 9.31 Å². The minimum absolute atomic E-state index is 0.0236. The molecular formula is C12H9BN2O4. The van der Waals surface area contributed by atoms with Gasteiger partial charge >= 0.3 is 7.69 Å². The molecule has 0 aliphatic carbocycles. The molecule has 0 aliphatic heterocycles. The van der Waals surface area contributed by atoms with Crippen molar-refractivity contribution in [3.05, 3.63) is 48.0 Å². The van der Waals surface area contributed by atoms with Crippen LogP contribution in [0.4, 0.5) is 0 Å². The second kappa shape index (κ2) is 6.30. The van der Waals surface area contributed by atoms with Crippen LogP contribution in [0, 0.1) is 0 Å². The summed E-state index contributed by atoms with van der Waals surface area (Å²) in [5.74, 6) is 0.978. The normalized spacial score (nSPS) is 9.47. The average molecular weight is 256 g/mol. The highest BCUT2D eigenvalue weighted by Gasteiger charge is 2.01. The van der Waals surface area contributed by atoms with Crippen molar-refractivity contribution in [2.45, 2.75) is 0 Å². The molecule has 7 heteroatoms. The highest BCUT2D eigenvalue weighted by molar-refractivity contribution is 6.20. The molecule has 0 aromatic carbocycles. The van der Waals surface area contributed by atoms with Crippen LogP contribution in [0.15, 0.2) is 36.7 Å². The first kappa shape index (κ1) is 12.8. The van der Waals surface area contributed by atoms with E-state index in [1.807, 2.05) is 0 Å². The summed E-state index contributed by atoms with van der Waals surface area (Å²) < 4.78 is 10.5. The number of hydrogen-bond donors (Lipinski definition) is 0. The number of aldehydes is 2. The maximum atomic E-state index is 10.4. The minimum atomic E-state index is -0.0236. The predicted molar refractivity (Wildman–Crippen MR) is 67.7 cm³/mol. The number of carbonyl (C=O) groups excluding carboxylic acids is 2. The summed E-state index contributed by atoms with van der Waals surface area (Å²) in [4.78, 5) is 28.5. The van der Waals surface area contributed by atoms with Crippen molar-refractivity contribution < 1.29 is 18.9 Å². The molecule has 2 aromatic rings. The number of rotatable bonds is 6. The summed E-state index contributed by atoms with van der Waals surface area (Å²) in [6.07, 6.45) is 4.17. The van der Waals surface area contributed by atoms with Crippen LogP contribution in [-0.4, -0.2) is 30.2 Å². The van der Waals surface area contributed by atoms with E-state index >= 15 is 0 Å². The van der Waals surface area contributed by atoms with Crippen molar-refractivity contribution in [2.75, 3.05) is 0 Å². The second-order valence-corrected chi connectivity index (χ2v) is 3.48. The fraction of sp³-hybridized carbons (Fsp3) is 0. The van der Waals surface area contributed by atoms with Crippen LogP contribution in [0.5, 0.6) is 11.5 Å². The molecule has 0 unspecified atom stereocenters. The Balaban J connectivity index is 1.84. The van der Waals surface area contributed by atoms with E-state index in [1.54, 1.807) is 24.3 Å². The smallest absolute Gasteiger partial charge is 0.527 e. The Hall–Kier alpha value is -2.70. The van der Waals surface area contributed by atoms with Crippen LogP contribution in [0.1, 0.15) is 21.0 Å². The van der Waals surface area contributed by atoms with Gasteiger partial charge in [-0.05, 0) is 24.3 Å². The molecule has 94 valence electrons. The van der Waals surface area contributed by atoms with E-state index in [4.69, 9.17) is 9.31 Å². The van der Waals surface area contributed by atoms with Crippen molar-refractivity contribution in [1.82, 2.24) is 9.97 Å². The molecule has 0 N–H and O–H groups in total. The Bertz CT molecular complexity index is 505. The first-order chi connectivity index (χ1) is 9.31. The van der Waals surface area contributed by atoms with E-state index in [9.17, 15) is 9.59 Å². The quantitative estimate of drug-likeness (QED) is 0.562. The first-order valence-corrected chi connectivity index (χ1v) is 5.40. The molecule has 0 saturated heterocycles. The minimum Gasteiger partial charge on any atom is -0.527 e. The van der Waals surface area contributed by atoms with E-state index < -0.39 is 0 Å². The lowest BCUT2D eigenvalue weighted by atomic mass is 10.3. The number of hydrogen-bond acceptors (Lipinski definition) is 6. The summed E-state index contributed by atoms with van der Waals surface area (Å²) in [7, 11) is -0.0236. The lowest BCUT2D eigenvalue weighted by Gasteiger charge is -2.06. The number of aromatic nitrogens is 2. The Morgan fingerprint density at radius 3 is 1.63 bits per heavy atom. The van der Waals surface area contributed by atoms with Gasteiger partial charge in [-0.1, -0.05) is 0 Å². The lowest BCUT2D eigenvalue weighted by molar-refractivity contribution is 0.111. The fourth-order valence-electron chi connectivity index (χ4n) is 1.26. The van der Waals surface area contributed by atoms with Crippen molar-refractivity contribution >= 4 is 20.3 Å². The molecule has 0 aliphatic rings. The Kier molecular flexibility index (Phi) is 4.23. The molecule has 0 saturated carbocycles. The molecule has 0 fully saturated rings. The Labute approximate surface area is 109 Å². The van der Waals surface area contributed by atoms with E-state index in [-0.39, 0.29) is 7.69 Å². The summed E-state index contributed by atoms with van der Waals surface area (Å²) in [6, 6.07) is 6.33. The highest BCUT2D eigenvalue weighted by atomic mass is 16.6. The molecule has 0 spiro atoms. The van der Waals surface area contributed by atoms with Crippen molar-refractivity contribution in [3.63, 3.8) is 0 Å². The summed E-state index contributed by atoms with van der Waals surface area (Å²) in [6.45, 7) is 0. The summed E-state index contributed by atoms with van der Waals surface area (Å²) >= 11 is 0. The van der Waals surface area contributed by atoms with Crippen LogP contribution in [0.3, 0.4) is 0 Å². The van der Waals surface area contributed by atoms with Crippen LogP contribution in [0.25, 0.3) is 0 Å². The third-order valence-electron chi connectivity index (χ3n) is 2.21. The van der Waals surface area contributed by atoms with Crippen LogP contribution < -0.4 is 9.31 Å². The van der Waals surface area contributed by atoms with E-state index in [1.165, 1.54) is 12.4 Å². The first-order valence-electron chi connectivity index (χ1n) is 5.40. The van der Waals surface area contributed by atoms with Gasteiger partial charge in [0.2, 0.25) is 0 Å². The van der Waals surface area contributed by atoms with Gasteiger partial charge in [0.15, 0.2) is 12.6 Å². The molecule has 19 heavy (non-hydrogen) atoms. The molecule has 0 bridgehead atoms. The maximum absolute atomic E-state index is 10.4. The zero-order valence-electron chi connectivity index (χ0n) is 9.85. The second-order valence-electron chi connectivity index (χ2n) is 3.48. The molecule has 2 heterocycles. The van der Waals surface area contributed by atoms with E-state index in [2.05, 4.69) is 9.97 Å². The maximum Gasteiger partial charge on any atom is 0.576 e. The third kappa shape index (κ3) is 3.63. The van der Waals surface area contributed by atoms with Crippen LogP contribution in [-0.2, 0) is 0 Å². The molecule has 2 aromatic heterocycles. The zero-order chi connectivity index (χ0) is 13.5. The predicted octanol–water partition coefficient (Wildman–Crippen LogP) is 0.826. The lowest BCUT2D eigenvalue weighted by Crippen LogP contribution is -2.11. The zero-order valence-corrected chi connectivity index (χ0v) is 9.85. The SMILES string of the molecule is O=Cc1ccc(OBOc2ccc(C=O)nc2)cn1. The van der Waals surface area contributed by atoms with Gasteiger partial charge in [0, 0.05) is 0 Å². The van der Waals surface area contributed by atoms with Gasteiger partial charge in [-0.2, -0.15) is 0 Å². The van der Waals surface area contributed by atoms with Gasteiger partial charge in [0.25, 0.3) is 0 Å². The number of carbonyl (C=O) groups is 2. The molecular weight excluding hydrogens is 247 g/mol. The van der Waals surface area contributed by atoms with Gasteiger partial charge in [-0.15, -0.1) is 0 Å². The topological polar surface area (TPSA) is 78.4 Å². The summed E-state index contributed by atoms with van der Waals surface area (Å²) in [5, 5.41) is 0. The standard InChI is InChI=1S/C12H9BN2O4/c16-7-9-1-3-11(5-14-9)18-13-19-12-4-2-10(8-17)15-6-12/h1-8,13H. The Morgan fingerprint density at radius 1 is 0.842 bits per heavy atom. The van der Waals surface area contributed by atoms with Crippen molar-refractivity contribution in [3.8, 4) is 11.5 Å². The van der Waals surface area contributed by atoms with E-state index in [0.29, 0.717) is 35.5 Å². The molecule has 6 nitrogen and oxygen atoms in total. The van der Waals surface area contributed by atoms with Gasteiger partial charge in [-0.3, -0.25) is 9.59 Å². The van der Waals surface area contributed by atoms with Crippen molar-refractivity contribution in [2.24, 2.45) is 0 Å². The van der Waals surface area contributed by atoms with Crippen molar-refractivity contribution in [1.29, 1.82) is 0 Å². The van der Waals surface area contributed by atoms with Crippen LogP contribution >= 0.6 is 0 Å². The summed E-state index contributed by atoms with van der Waals surface area (Å²) in [5.41, 5.74) is 0.670. The number of pyridine rings is 2. The van der Waals surface area contributed by atoms with Crippen LogP contribution in [0.2, 0.25) is 0 Å². The monoisotopic (exact) mass is 256 g/mol. The third-order valence-corrected chi connectivity index (χ3v) is 2.21. The van der Waals surface area contributed by atoms with Gasteiger partial charge in [0.05, 0.1) is 12.4 Å². The average Bonchev–Trinajstić information content (AvgIpc) is 2.49. The van der Waals surface area contributed by atoms with Gasteiger partial charge in [0.1, 0.15) is 22.9 Å². The molecule has 0 radical (unpaired) electrons.